The number of ether oxygens (including phenoxy) is 2. The Morgan fingerprint density at radius 2 is 1.41 bits per heavy atom. The van der Waals surface area contributed by atoms with Gasteiger partial charge in [0, 0.05) is 22.2 Å². The Bertz CT molecular complexity index is 1450. The van der Waals surface area contributed by atoms with Crippen LogP contribution >= 0.6 is 23.2 Å². The van der Waals surface area contributed by atoms with E-state index in [1.807, 2.05) is 60.7 Å². The lowest BCUT2D eigenvalue weighted by Crippen LogP contribution is -2.44. The second-order valence-corrected chi connectivity index (χ2v) is 9.35. The van der Waals surface area contributed by atoms with E-state index in [0.29, 0.717) is 10.7 Å². The molecule has 0 heterocycles. The van der Waals surface area contributed by atoms with Gasteiger partial charge in [-0.1, -0.05) is 89.9 Å². The molecule has 198 valence electrons. The highest BCUT2D eigenvalue weighted by Crippen LogP contribution is 2.25. The number of amides is 2. The van der Waals surface area contributed by atoms with Gasteiger partial charge in [0.05, 0.1) is 5.56 Å². The average molecular weight is 563 g/mol. The minimum absolute atomic E-state index is 0.0264. The first kappa shape index (κ1) is 27.7. The number of hydrogen-bond acceptors (Lipinski definition) is 5. The van der Waals surface area contributed by atoms with E-state index in [0.717, 1.165) is 11.1 Å². The molecule has 9 heteroatoms. The van der Waals surface area contributed by atoms with Crippen LogP contribution in [0.1, 0.15) is 21.5 Å². The molecule has 0 aliphatic heterocycles. The number of alkyl carbamates (subject to hydrolysis) is 1. The number of nitrogens with one attached hydrogen (secondary N) is 2. The number of anilines is 1. The number of halogens is 2. The Balaban J connectivity index is 1.51. The summed E-state index contributed by atoms with van der Waals surface area (Å²) in [6.45, 7) is 0.0325. The van der Waals surface area contributed by atoms with Crippen molar-refractivity contribution in [3.05, 3.63) is 130 Å². The van der Waals surface area contributed by atoms with Gasteiger partial charge in [-0.2, -0.15) is 0 Å². The van der Waals surface area contributed by atoms with Crippen LogP contribution in [-0.2, 0) is 22.6 Å². The van der Waals surface area contributed by atoms with Gasteiger partial charge in [-0.3, -0.25) is 4.79 Å². The van der Waals surface area contributed by atoms with Crippen LogP contribution in [0, 0.1) is 0 Å². The monoisotopic (exact) mass is 562 g/mol. The van der Waals surface area contributed by atoms with Crippen molar-refractivity contribution in [2.45, 2.75) is 19.1 Å². The highest BCUT2D eigenvalue weighted by Gasteiger charge is 2.26. The number of hydrogen-bond donors (Lipinski definition) is 2. The minimum Gasteiger partial charge on any atom is -0.445 e. The molecule has 0 bridgehead atoms. The quantitative estimate of drug-likeness (QED) is 0.175. The van der Waals surface area contributed by atoms with Crippen LogP contribution in [0.5, 0.6) is 5.75 Å². The Labute approximate surface area is 235 Å². The van der Waals surface area contributed by atoms with Crippen molar-refractivity contribution in [1.29, 1.82) is 0 Å². The average Bonchev–Trinajstić information content (AvgIpc) is 2.93. The largest absolute Gasteiger partial charge is 0.445 e. The molecule has 0 radical (unpaired) electrons. The molecule has 0 aromatic heterocycles. The van der Waals surface area contributed by atoms with Gasteiger partial charge in [0.15, 0.2) is 0 Å². The first-order valence-corrected chi connectivity index (χ1v) is 12.7. The molecule has 7 nitrogen and oxygen atoms in total. The highest BCUT2D eigenvalue weighted by atomic mass is 35.5. The number of carbonyl (C=O) groups excluding carboxylic acids is 3. The summed E-state index contributed by atoms with van der Waals surface area (Å²) < 4.78 is 10.9. The van der Waals surface area contributed by atoms with Crippen molar-refractivity contribution in [3.8, 4) is 5.75 Å². The number of benzene rings is 4. The summed E-state index contributed by atoms with van der Waals surface area (Å²) in [5.74, 6) is -1.37. The smallest absolute Gasteiger partial charge is 0.408 e. The van der Waals surface area contributed by atoms with E-state index in [4.69, 9.17) is 32.7 Å². The maximum Gasteiger partial charge on any atom is 0.408 e. The van der Waals surface area contributed by atoms with Crippen molar-refractivity contribution in [1.82, 2.24) is 5.32 Å². The van der Waals surface area contributed by atoms with Crippen LogP contribution in [0.2, 0.25) is 10.0 Å². The molecule has 0 saturated carbocycles. The van der Waals surface area contributed by atoms with E-state index < -0.39 is 24.0 Å². The van der Waals surface area contributed by atoms with Crippen molar-refractivity contribution in [3.63, 3.8) is 0 Å². The molecule has 0 fully saturated rings. The lowest BCUT2D eigenvalue weighted by Gasteiger charge is -2.19. The fourth-order valence-electron chi connectivity index (χ4n) is 3.66. The summed E-state index contributed by atoms with van der Waals surface area (Å²) >= 11 is 12.1. The molecule has 0 saturated heterocycles. The highest BCUT2D eigenvalue weighted by molar-refractivity contribution is 6.31. The zero-order valence-corrected chi connectivity index (χ0v) is 22.1. The van der Waals surface area contributed by atoms with Crippen molar-refractivity contribution in [2.75, 3.05) is 5.32 Å². The third-order valence-corrected chi connectivity index (χ3v) is 6.02. The standard InChI is InChI=1S/C30H24Cl2N2O5/c31-22-12-7-13-24(17-22)33-28(35)25-18-23(32)14-15-27(25)39-29(36)26(16-20-8-3-1-4-9-20)34-30(37)38-19-21-10-5-2-6-11-21/h1-15,17-18,26H,16,19H2,(H,33,35)(H,34,37)/t26-/m0/s1. The predicted molar refractivity (Wildman–Crippen MR) is 150 cm³/mol. The van der Waals surface area contributed by atoms with Crippen molar-refractivity contribution >= 4 is 46.9 Å². The van der Waals surface area contributed by atoms with E-state index in [1.54, 1.807) is 24.3 Å². The SMILES string of the molecule is O=C(N[C@@H](Cc1ccccc1)C(=O)Oc1ccc(Cl)cc1C(=O)Nc1cccc(Cl)c1)OCc1ccccc1. The summed E-state index contributed by atoms with van der Waals surface area (Å²) in [6, 6.07) is 28.1. The number of rotatable bonds is 9. The van der Waals surface area contributed by atoms with Crippen LogP contribution in [0.3, 0.4) is 0 Å². The van der Waals surface area contributed by atoms with Crippen LogP contribution in [0.15, 0.2) is 103 Å². The Hall–Kier alpha value is -4.33. The summed E-state index contributed by atoms with van der Waals surface area (Å²) in [7, 11) is 0. The van der Waals surface area contributed by atoms with Gasteiger partial charge in [-0.15, -0.1) is 0 Å². The van der Waals surface area contributed by atoms with Gasteiger partial charge in [-0.05, 0) is 47.5 Å². The van der Waals surface area contributed by atoms with Gasteiger partial charge in [0.2, 0.25) is 0 Å². The Kier molecular flexibility index (Phi) is 9.56. The zero-order valence-electron chi connectivity index (χ0n) is 20.6. The summed E-state index contributed by atoms with van der Waals surface area (Å²) in [5, 5.41) is 6.01. The van der Waals surface area contributed by atoms with Gasteiger partial charge in [-0.25, -0.2) is 9.59 Å². The number of esters is 1. The third kappa shape index (κ3) is 8.33. The van der Waals surface area contributed by atoms with E-state index in [1.165, 1.54) is 18.2 Å². The maximum atomic E-state index is 13.3. The van der Waals surface area contributed by atoms with Gasteiger partial charge in [0.25, 0.3) is 5.91 Å². The van der Waals surface area contributed by atoms with Crippen LogP contribution in [0.4, 0.5) is 10.5 Å². The number of carbonyl (C=O) groups is 3. The minimum atomic E-state index is -1.10. The molecule has 4 rings (SSSR count). The molecule has 1 atom stereocenters. The first-order valence-electron chi connectivity index (χ1n) is 12.0. The molecule has 2 N–H and O–H groups in total. The fraction of sp³-hybridized carbons (Fsp3) is 0.100. The Morgan fingerprint density at radius 3 is 2.10 bits per heavy atom. The molecule has 39 heavy (non-hydrogen) atoms. The topological polar surface area (TPSA) is 93.7 Å². The lowest BCUT2D eigenvalue weighted by atomic mass is 10.1. The third-order valence-electron chi connectivity index (χ3n) is 5.55. The van der Waals surface area contributed by atoms with E-state index in [2.05, 4.69) is 10.6 Å². The fourth-order valence-corrected chi connectivity index (χ4v) is 4.03. The zero-order chi connectivity index (χ0) is 27.6. The Morgan fingerprint density at radius 1 is 0.744 bits per heavy atom. The van der Waals surface area contributed by atoms with Crippen LogP contribution < -0.4 is 15.4 Å². The van der Waals surface area contributed by atoms with Crippen LogP contribution in [-0.4, -0.2) is 24.0 Å². The predicted octanol–water partition coefficient (Wildman–Crippen LogP) is 6.69. The summed E-state index contributed by atoms with van der Waals surface area (Å²) in [5.41, 5.74) is 2.07. The molecule has 2 amide bonds. The molecule has 0 unspecified atom stereocenters. The van der Waals surface area contributed by atoms with Gasteiger partial charge >= 0.3 is 12.1 Å². The van der Waals surface area contributed by atoms with Crippen molar-refractivity contribution < 1.29 is 23.9 Å². The molecule has 0 aliphatic carbocycles. The van der Waals surface area contributed by atoms with E-state index in [9.17, 15) is 14.4 Å². The molecule has 0 spiro atoms. The van der Waals surface area contributed by atoms with E-state index in [-0.39, 0.29) is 29.4 Å². The first-order chi connectivity index (χ1) is 18.9. The maximum absolute atomic E-state index is 13.3. The summed E-state index contributed by atoms with van der Waals surface area (Å²) in [4.78, 5) is 39.0. The molecule has 4 aromatic carbocycles. The second-order valence-electron chi connectivity index (χ2n) is 8.47. The molecule has 0 aliphatic rings. The normalized spacial score (nSPS) is 11.2. The van der Waals surface area contributed by atoms with Gasteiger partial charge < -0.3 is 20.1 Å². The van der Waals surface area contributed by atoms with Crippen molar-refractivity contribution in [2.24, 2.45) is 0 Å². The molecule has 4 aromatic rings. The second kappa shape index (κ2) is 13.5. The van der Waals surface area contributed by atoms with Gasteiger partial charge in [0.1, 0.15) is 18.4 Å². The molecular weight excluding hydrogens is 539 g/mol. The summed E-state index contributed by atoms with van der Waals surface area (Å²) in [6.07, 6.45) is -0.649. The van der Waals surface area contributed by atoms with E-state index >= 15 is 0 Å². The molecular formula is C30H24Cl2N2O5. The lowest BCUT2D eigenvalue weighted by molar-refractivity contribution is -0.136. The van der Waals surface area contributed by atoms with Crippen LogP contribution in [0.25, 0.3) is 0 Å².